The predicted molar refractivity (Wildman–Crippen MR) is 136 cm³/mol. The average Bonchev–Trinajstić information content (AvgIpc) is 2.86. The molecule has 0 aromatic heterocycles. The summed E-state index contributed by atoms with van der Waals surface area (Å²) in [6, 6.07) is 12.3. The molecule has 35 heavy (non-hydrogen) atoms. The lowest BCUT2D eigenvalue weighted by molar-refractivity contribution is -0.140. The van der Waals surface area contributed by atoms with Crippen LogP contribution in [0.25, 0.3) is 0 Å². The number of benzene rings is 2. The molecule has 2 N–H and O–H groups in total. The third kappa shape index (κ3) is 6.74. The summed E-state index contributed by atoms with van der Waals surface area (Å²) >= 11 is 0. The number of aliphatic hydroxyl groups excluding tert-OH is 1. The second-order valence-electron chi connectivity index (χ2n) is 10.0. The van der Waals surface area contributed by atoms with E-state index in [0.29, 0.717) is 26.1 Å². The standard InChI is InChI=1S/C28H40N2O5/c1-21-4-5-22(2)27(23(21)3)35-20-28(32)19-30(11-10-26(28)31)18-24-6-8-25(9-7-24)34-17-14-29-12-15-33-16-13-29/h4-9,26,31-32H,10-20H2,1-3H3/t26-,28-/m0/s1. The summed E-state index contributed by atoms with van der Waals surface area (Å²) < 4.78 is 17.4. The van der Waals surface area contributed by atoms with Crippen LogP contribution < -0.4 is 9.47 Å². The quantitative estimate of drug-likeness (QED) is 0.567. The van der Waals surface area contributed by atoms with Crippen molar-refractivity contribution >= 4 is 0 Å². The molecule has 2 aromatic carbocycles. The number of β-amino-alcohol motifs (C(OH)–C–C–N with tert-alkyl or cyclic N) is 1. The fourth-order valence-corrected chi connectivity index (χ4v) is 4.83. The number of aryl methyl sites for hydroxylation is 2. The zero-order valence-electron chi connectivity index (χ0n) is 21.3. The summed E-state index contributed by atoms with van der Waals surface area (Å²) in [5.41, 5.74) is 3.09. The van der Waals surface area contributed by atoms with Crippen molar-refractivity contribution in [2.45, 2.75) is 45.4 Å². The van der Waals surface area contributed by atoms with Crippen molar-refractivity contribution in [1.29, 1.82) is 0 Å². The van der Waals surface area contributed by atoms with Gasteiger partial charge in [0.05, 0.1) is 19.3 Å². The van der Waals surface area contributed by atoms with Gasteiger partial charge in [-0.2, -0.15) is 0 Å². The van der Waals surface area contributed by atoms with Gasteiger partial charge in [-0.25, -0.2) is 0 Å². The highest BCUT2D eigenvalue weighted by atomic mass is 16.5. The SMILES string of the molecule is Cc1ccc(C)c(OC[C@@]2(O)CN(Cc3ccc(OCCN4CCOCC4)cc3)CC[C@@H]2O)c1C. The molecule has 0 bridgehead atoms. The van der Waals surface area contributed by atoms with E-state index in [1.807, 2.05) is 39.0 Å². The molecule has 0 aliphatic carbocycles. The summed E-state index contributed by atoms with van der Waals surface area (Å²) in [6.45, 7) is 13.0. The Kier molecular flexibility index (Phi) is 8.68. The molecule has 4 rings (SSSR count). The first-order valence-corrected chi connectivity index (χ1v) is 12.7. The second kappa shape index (κ2) is 11.7. The molecule has 7 nitrogen and oxygen atoms in total. The van der Waals surface area contributed by atoms with Gasteiger partial charge in [0, 0.05) is 39.3 Å². The predicted octanol–water partition coefficient (Wildman–Crippen LogP) is 2.70. The van der Waals surface area contributed by atoms with Crippen molar-refractivity contribution in [2.75, 3.05) is 59.2 Å². The molecule has 2 heterocycles. The van der Waals surface area contributed by atoms with Gasteiger partial charge in [0.25, 0.3) is 0 Å². The number of nitrogens with zero attached hydrogens (tertiary/aromatic N) is 2. The zero-order valence-corrected chi connectivity index (χ0v) is 21.3. The van der Waals surface area contributed by atoms with Gasteiger partial charge in [0.1, 0.15) is 30.3 Å². The fraction of sp³-hybridized carbons (Fsp3) is 0.571. The third-order valence-electron chi connectivity index (χ3n) is 7.29. The number of likely N-dealkylation sites (tertiary alicyclic amines) is 1. The molecule has 2 saturated heterocycles. The van der Waals surface area contributed by atoms with Gasteiger partial charge >= 0.3 is 0 Å². The maximum Gasteiger partial charge on any atom is 0.137 e. The molecule has 0 spiro atoms. The molecule has 2 aromatic rings. The van der Waals surface area contributed by atoms with E-state index in [4.69, 9.17) is 14.2 Å². The van der Waals surface area contributed by atoms with Crippen LogP contribution in [-0.4, -0.2) is 90.9 Å². The maximum absolute atomic E-state index is 11.3. The second-order valence-corrected chi connectivity index (χ2v) is 10.0. The lowest BCUT2D eigenvalue weighted by atomic mass is 9.90. The van der Waals surface area contributed by atoms with Crippen LogP contribution in [-0.2, 0) is 11.3 Å². The van der Waals surface area contributed by atoms with Gasteiger partial charge in [-0.1, -0.05) is 24.3 Å². The number of morpholine rings is 1. The summed E-state index contributed by atoms with van der Waals surface area (Å²) in [5, 5.41) is 21.9. The van der Waals surface area contributed by atoms with Crippen LogP contribution in [0.3, 0.4) is 0 Å². The van der Waals surface area contributed by atoms with E-state index < -0.39 is 11.7 Å². The lowest BCUT2D eigenvalue weighted by Crippen LogP contribution is -2.59. The van der Waals surface area contributed by atoms with Gasteiger partial charge in [0.2, 0.25) is 0 Å². The molecule has 7 heteroatoms. The molecule has 192 valence electrons. The molecule has 2 aliphatic heterocycles. The number of piperidine rings is 1. The van der Waals surface area contributed by atoms with E-state index in [1.54, 1.807) is 0 Å². The highest BCUT2D eigenvalue weighted by molar-refractivity contribution is 5.44. The van der Waals surface area contributed by atoms with E-state index in [9.17, 15) is 10.2 Å². The fourth-order valence-electron chi connectivity index (χ4n) is 4.83. The lowest BCUT2D eigenvalue weighted by Gasteiger charge is -2.42. The van der Waals surface area contributed by atoms with Crippen LogP contribution in [0.5, 0.6) is 11.5 Å². The van der Waals surface area contributed by atoms with Crippen LogP contribution in [0.1, 0.15) is 28.7 Å². The Balaban J connectivity index is 1.29. The van der Waals surface area contributed by atoms with E-state index in [0.717, 1.165) is 73.1 Å². The Morgan fingerprint density at radius 1 is 0.943 bits per heavy atom. The van der Waals surface area contributed by atoms with Gasteiger partial charge in [0.15, 0.2) is 0 Å². The molecule has 0 amide bonds. The molecule has 0 saturated carbocycles. The first-order valence-electron chi connectivity index (χ1n) is 12.7. The topological polar surface area (TPSA) is 74.6 Å². The van der Waals surface area contributed by atoms with Crippen molar-refractivity contribution < 1.29 is 24.4 Å². The zero-order chi connectivity index (χ0) is 24.8. The van der Waals surface area contributed by atoms with E-state index >= 15 is 0 Å². The average molecular weight is 485 g/mol. The molecule has 0 radical (unpaired) electrons. The van der Waals surface area contributed by atoms with E-state index in [2.05, 4.69) is 28.0 Å². The minimum absolute atomic E-state index is 0.0612. The Labute approximate surface area is 209 Å². The number of rotatable bonds is 9. The molecule has 2 atom stereocenters. The largest absolute Gasteiger partial charge is 0.492 e. The van der Waals surface area contributed by atoms with Gasteiger partial charge in [-0.05, 0) is 61.6 Å². The Morgan fingerprint density at radius 2 is 1.66 bits per heavy atom. The molecule has 2 fully saturated rings. The third-order valence-corrected chi connectivity index (χ3v) is 7.29. The first kappa shape index (κ1) is 25.9. The van der Waals surface area contributed by atoms with E-state index in [-0.39, 0.29) is 6.61 Å². The molecular weight excluding hydrogens is 444 g/mol. The summed E-state index contributed by atoms with van der Waals surface area (Å²) in [7, 11) is 0. The summed E-state index contributed by atoms with van der Waals surface area (Å²) in [4.78, 5) is 4.54. The monoisotopic (exact) mass is 484 g/mol. The van der Waals surface area contributed by atoms with Crippen LogP contribution in [0.4, 0.5) is 0 Å². The van der Waals surface area contributed by atoms with Gasteiger partial charge < -0.3 is 24.4 Å². The smallest absolute Gasteiger partial charge is 0.137 e. The van der Waals surface area contributed by atoms with E-state index in [1.165, 1.54) is 0 Å². The van der Waals surface area contributed by atoms with Gasteiger partial charge in [-0.3, -0.25) is 9.80 Å². The maximum atomic E-state index is 11.3. The van der Waals surface area contributed by atoms with Crippen molar-refractivity contribution in [2.24, 2.45) is 0 Å². The highest BCUT2D eigenvalue weighted by Gasteiger charge is 2.42. The van der Waals surface area contributed by atoms with Crippen molar-refractivity contribution in [1.82, 2.24) is 9.80 Å². The Hall–Kier alpha value is -2.16. The van der Waals surface area contributed by atoms with Crippen LogP contribution in [0.15, 0.2) is 36.4 Å². The van der Waals surface area contributed by atoms with Crippen molar-refractivity contribution in [3.8, 4) is 11.5 Å². The van der Waals surface area contributed by atoms with Crippen LogP contribution in [0, 0.1) is 20.8 Å². The van der Waals surface area contributed by atoms with Crippen LogP contribution in [0.2, 0.25) is 0 Å². The number of aliphatic hydroxyl groups is 2. The number of hydrogen-bond acceptors (Lipinski definition) is 7. The van der Waals surface area contributed by atoms with Gasteiger partial charge in [-0.15, -0.1) is 0 Å². The summed E-state index contributed by atoms with van der Waals surface area (Å²) in [6.07, 6.45) is -0.305. The molecule has 2 aliphatic rings. The Bertz CT molecular complexity index is 961. The normalized spacial score (nSPS) is 23.9. The highest BCUT2D eigenvalue weighted by Crippen LogP contribution is 2.29. The minimum Gasteiger partial charge on any atom is -0.492 e. The summed E-state index contributed by atoms with van der Waals surface area (Å²) in [5.74, 6) is 1.66. The number of hydrogen-bond donors (Lipinski definition) is 2. The first-order chi connectivity index (χ1) is 16.8. The van der Waals surface area contributed by atoms with Crippen molar-refractivity contribution in [3.05, 3.63) is 58.7 Å². The molecular formula is C28H40N2O5. The van der Waals surface area contributed by atoms with Crippen molar-refractivity contribution in [3.63, 3.8) is 0 Å². The number of ether oxygens (including phenoxy) is 3. The minimum atomic E-state index is -1.32. The molecule has 0 unspecified atom stereocenters. The van der Waals surface area contributed by atoms with Crippen LogP contribution >= 0.6 is 0 Å². The Morgan fingerprint density at radius 3 is 2.40 bits per heavy atom.